The minimum atomic E-state index is -1.40. The van der Waals surface area contributed by atoms with E-state index in [0.29, 0.717) is 0 Å². The van der Waals surface area contributed by atoms with Crippen molar-refractivity contribution in [3.05, 3.63) is 0 Å². The van der Waals surface area contributed by atoms with Crippen molar-refractivity contribution >= 4 is 22.9 Å². The van der Waals surface area contributed by atoms with Gasteiger partial charge >= 0.3 is 0 Å². The van der Waals surface area contributed by atoms with E-state index in [1.165, 1.54) is 0 Å². The summed E-state index contributed by atoms with van der Waals surface area (Å²) >= 11 is 0. The molecule has 0 atom stereocenters. The van der Waals surface area contributed by atoms with Crippen LogP contribution in [0.3, 0.4) is 0 Å². The predicted octanol–water partition coefficient (Wildman–Crippen LogP) is 2.11. The van der Waals surface area contributed by atoms with Gasteiger partial charge in [0.2, 0.25) is 0 Å². The first-order valence-electron chi connectivity index (χ1n) is 3.94. The van der Waals surface area contributed by atoms with Crippen LogP contribution in [-0.4, -0.2) is 27.1 Å². The van der Waals surface area contributed by atoms with Gasteiger partial charge in [-0.05, 0) is 0 Å². The summed E-state index contributed by atoms with van der Waals surface area (Å²) in [5.74, 6) is 0. The lowest BCUT2D eigenvalue weighted by atomic mass is 11.5. The average Bonchev–Trinajstić information content (AvgIpc) is 1.56. The third kappa shape index (κ3) is 3.20. The normalized spacial score (nSPS) is 12.9. The quantitative estimate of drug-likeness (QED) is 0.492. The summed E-state index contributed by atoms with van der Waals surface area (Å²) in [5.41, 5.74) is 0. The Morgan fingerprint density at radius 1 is 0.909 bits per heavy atom. The Labute approximate surface area is 71.8 Å². The van der Waals surface area contributed by atoms with Crippen LogP contribution in [0.4, 0.5) is 0 Å². The van der Waals surface area contributed by atoms with Crippen LogP contribution in [0.25, 0.3) is 0 Å². The smallest absolute Gasteiger partial charge is 0.193 e. The Balaban J connectivity index is 4.56. The van der Waals surface area contributed by atoms with Gasteiger partial charge < -0.3 is 4.23 Å². The minimum Gasteiger partial charge on any atom is -0.399 e. The second kappa shape index (κ2) is 3.10. The molecule has 0 heterocycles. The maximum atomic E-state index is 10.8. The molecule has 0 unspecified atom stereocenters. The number of hydrogen-bond acceptors (Lipinski definition) is 1. The molecular weight excluding hydrogens is 170 g/mol. The second-order valence-electron chi connectivity index (χ2n) is 4.82. The summed E-state index contributed by atoms with van der Waals surface area (Å²) < 4.78 is 2.10. The van der Waals surface area contributed by atoms with E-state index in [1.54, 1.807) is 0 Å². The highest BCUT2D eigenvalue weighted by atomic mass is 28.4. The summed E-state index contributed by atoms with van der Waals surface area (Å²) in [7, 11) is -2.79. The molecule has 0 N–H and O–H groups in total. The van der Waals surface area contributed by atoms with Crippen molar-refractivity contribution in [3.8, 4) is 0 Å². The van der Waals surface area contributed by atoms with E-state index in [-0.39, 0.29) is 0 Å². The maximum absolute atomic E-state index is 10.8. The van der Waals surface area contributed by atoms with Gasteiger partial charge in [-0.3, -0.25) is 4.79 Å². The number of rotatable bonds is 3. The molecular formula is C7H19NOSi2. The molecule has 0 saturated heterocycles. The zero-order valence-electron chi connectivity index (χ0n) is 8.43. The molecule has 0 radical (unpaired) electrons. The number of nitrogens with zero attached hydrogens (tertiary/aromatic N) is 1. The van der Waals surface area contributed by atoms with Crippen LogP contribution in [0.15, 0.2) is 0 Å². The van der Waals surface area contributed by atoms with Crippen molar-refractivity contribution < 1.29 is 4.79 Å². The fourth-order valence-corrected chi connectivity index (χ4v) is 10.0. The molecule has 0 aromatic carbocycles. The van der Waals surface area contributed by atoms with Gasteiger partial charge in [-0.25, -0.2) is 0 Å². The highest BCUT2D eigenvalue weighted by Crippen LogP contribution is 2.16. The molecule has 0 spiro atoms. The van der Waals surface area contributed by atoms with Crippen LogP contribution in [-0.2, 0) is 4.79 Å². The van der Waals surface area contributed by atoms with Crippen molar-refractivity contribution in [2.24, 2.45) is 0 Å². The minimum absolute atomic E-state index is 1.04. The van der Waals surface area contributed by atoms with Crippen LogP contribution in [0.2, 0.25) is 39.3 Å². The summed E-state index contributed by atoms with van der Waals surface area (Å²) in [5, 5.41) is 0. The largest absolute Gasteiger partial charge is 0.399 e. The predicted molar refractivity (Wildman–Crippen MR) is 54.6 cm³/mol. The van der Waals surface area contributed by atoms with E-state index in [2.05, 4.69) is 43.5 Å². The Morgan fingerprint density at radius 2 is 1.18 bits per heavy atom. The van der Waals surface area contributed by atoms with E-state index in [9.17, 15) is 4.79 Å². The van der Waals surface area contributed by atoms with Crippen molar-refractivity contribution in [1.82, 2.24) is 4.23 Å². The Kier molecular flexibility index (Phi) is 3.08. The van der Waals surface area contributed by atoms with Crippen molar-refractivity contribution in [3.63, 3.8) is 0 Å². The Morgan fingerprint density at radius 3 is 1.18 bits per heavy atom. The molecule has 1 amide bonds. The molecule has 0 rings (SSSR count). The summed E-state index contributed by atoms with van der Waals surface area (Å²) in [6.07, 6.45) is 1.04. The first kappa shape index (κ1) is 10.9. The number of amides is 1. The first-order chi connectivity index (χ1) is 4.69. The van der Waals surface area contributed by atoms with Gasteiger partial charge in [0.1, 0.15) is 16.5 Å². The van der Waals surface area contributed by atoms with Crippen LogP contribution in [0.1, 0.15) is 0 Å². The van der Waals surface area contributed by atoms with Crippen LogP contribution in [0.5, 0.6) is 0 Å². The highest BCUT2D eigenvalue weighted by molar-refractivity contribution is 6.91. The third-order valence-electron chi connectivity index (χ3n) is 1.55. The van der Waals surface area contributed by atoms with Crippen LogP contribution < -0.4 is 0 Å². The van der Waals surface area contributed by atoms with Gasteiger partial charge in [0.15, 0.2) is 6.41 Å². The molecule has 0 bridgehead atoms. The van der Waals surface area contributed by atoms with Crippen molar-refractivity contribution in [2.45, 2.75) is 39.3 Å². The van der Waals surface area contributed by atoms with Crippen molar-refractivity contribution in [2.75, 3.05) is 0 Å². The van der Waals surface area contributed by atoms with E-state index in [0.717, 1.165) is 6.41 Å². The Hall–Kier alpha value is -0.0962. The fraction of sp³-hybridized carbons (Fsp3) is 0.857. The third-order valence-corrected chi connectivity index (χ3v) is 8.68. The molecule has 0 aliphatic carbocycles. The van der Waals surface area contributed by atoms with E-state index >= 15 is 0 Å². The zero-order chi connectivity index (χ0) is 9.28. The number of hydrogen-bond donors (Lipinski definition) is 0. The number of carbonyl (C=O) groups excluding carboxylic acids is 1. The topological polar surface area (TPSA) is 20.3 Å². The van der Waals surface area contributed by atoms with Gasteiger partial charge in [0, 0.05) is 0 Å². The molecule has 4 heteroatoms. The lowest BCUT2D eigenvalue weighted by molar-refractivity contribution is -0.112. The maximum Gasteiger partial charge on any atom is 0.193 e. The molecule has 0 fully saturated rings. The molecule has 0 aromatic rings. The van der Waals surface area contributed by atoms with Crippen LogP contribution in [0, 0.1) is 0 Å². The highest BCUT2D eigenvalue weighted by Gasteiger charge is 2.32. The first-order valence-corrected chi connectivity index (χ1v) is 10.8. The SMILES string of the molecule is C[Si](C)(C)N(C=O)[Si](C)(C)C. The lowest BCUT2D eigenvalue weighted by Gasteiger charge is -2.40. The molecule has 0 saturated carbocycles. The average molecular weight is 189 g/mol. The molecule has 0 aliphatic rings. The summed E-state index contributed by atoms with van der Waals surface area (Å²) in [6, 6.07) is 0. The van der Waals surface area contributed by atoms with Gasteiger partial charge in [-0.2, -0.15) is 0 Å². The van der Waals surface area contributed by atoms with Crippen molar-refractivity contribution in [1.29, 1.82) is 0 Å². The summed E-state index contributed by atoms with van der Waals surface area (Å²) in [6.45, 7) is 13.2. The second-order valence-corrected chi connectivity index (χ2v) is 14.9. The standard InChI is InChI=1S/C7H19NOSi2/c1-10(2,3)8(7-9)11(4,5)6/h7H,1-6H3. The Bertz CT molecular complexity index is 132. The molecule has 0 aliphatic heterocycles. The summed E-state index contributed by atoms with van der Waals surface area (Å²) in [4.78, 5) is 10.8. The van der Waals surface area contributed by atoms with Crippen LogP contribution >= 0.6 is 0 Å². The lowest BCUT2D eigenvalue weighted by Crippen LogP contribution is -2.58. The van der Waals surface area contributed by atoms with Gasteiger partial charge in [-0.15, -0.1) is 0 Å². The van der Waals surface area contributed by atoms with Gasteiger partial charge in [-0.1, -0.05) is 39.3 Å². The zero-order valence-corrected chi connectivity index (χ0v) is 10.4. The van der Waals surface area contributed by atoms with Gasteiger partial charge in [0.05, 0.1) is 0 Å². The monoisotopic (exact) mass is 189 g/mol. The fourth-order valence-electron chi connectivity index (χ4n) is 1.32. The molecule has 0 aromatic heterocycles. The molecule has 2 nitrogen and oxygen atoms in total. The van der Waals surface area contributed by atoms with E-state index in [1.807, 2.05) is 0 Å². The van der Waals surface area contributed by atoms with E-state index < -0.39 is 16.5 Å². The molecule has 66 valence electrons. The molecule has 11 heavy (non-hydrogen) atoms. The number of carbonyl (C=O) groups is 1. The van der Waals surface area contributed by atoms with Gasteiger partial charge in [0.25, 0.3) is 0 Å². The van der Waals surface area contributed by atoms with E-state index in [4.69, 9.17) is 0 Å².